The van der Waals surface area contributed by atoms with E-state index in [1.807, 2.05) is 6.07 Å². The highest BCUT2D eigenvalue weighted by atomic mass is 35.5. The number of aryl methyl sites for hydroxylation is 2. The van der Waals surface area contributed by atoms with Gasteiger partial charge >= 0.3 is 0 Å². The molecule has 0 aliphatic rings. The lowest BCUT2D eigenvalue weighted by Gasteiger charge is -2.19. The molecular weight excluding hydrogens is 282 g/mol. The lowest BCUT2D eigenvalue weighted by Crippen LogP contribution is -2.24. The number of nitrogens with one attached hydrogen (secondary N) is 1. The Morgan fingerprint density at radius 2 is 2.05 bits per heavy atom. The number of rotatable bonds is 7. The smallest absolute Gasteiger partial charge is 0.108 e. The number of benzene rings is 1. The fourth-order valence-corrected chi connectivity index (χ4v) is 2.91. The van der Waals surface area contributed by atoms with Crippen LogP contribution in [0.3, 0.4) is 0 Å². The van der Waals surface area contributed by atoms with E-state index < -0.39 is 0 Å². The highest BCUT2D eigenvalue weighted by Crippen LogP contribution is 2.27. The molecule has 0 aliphatic heterocycles. The zero-order valence-corrected chi connectivity index (χ0v) is 13.8. The van der Waals surface area contributed by atoms with E-state index in [0.717, 1.165) is 36.6 Å². The monoisotopic (exact) mass is 305 g/mol. The van der Waals surface area contributed by atoms with Crippen LogP contribution in [0.4, 0.5) is 0 Å². The van der Waals surface area contributed by atoms with Crippen LogP contribution in [-0.2, 0) is 12.8 Å². The largest absolute Gasteiger partial charge is 0.469 e. The van der Waals surface area contributed by atoms with E-state index in [-0.39, 0.29) is 6.04 Å². The summed E-state index contributed by atoms with van der Waals surface area (Å²) in [6.07, 6.45) is 4.68. The predicted octanol–water partition coefficient (Wildman–Crippen LogP) is 5.09. The topological polar surface area (TPSA) is 25.2 Å². The summed E-state index contributed by atoms with van der Waals surface area (Å²) in [6, 6.07) is 8.61. The summed E-state index contributed by atoms with van der Waals surface area (Å²) in [5.74, 6) is 1.06. The molecule has 1 heterocycles. The zero-order chi connectivity index (χ0) is 15.2. The van der Waals surface area contributed by atoms with Crippen molar-refractivity contribution in [2.45, 2.75) is 46.1 Å². The summed E-state index contributed by atoms with van der Waals surface area (Å²) >= 11 is 6.39. The van der Waals surface area contributed by atoms with Crippen molar-refractivity contribution in [1.29, 1.82) is 0 Å². The van der Waals surface area contributed by atoms with Crippen LogP contribution < -0.4 is 5.32 Å². The molecule has 0 amide bonds. The number of furan rings is 1. The summed E-state index contributed by atoms with van der Waals surface area (Å²) in [7, 11) is 0. The van der Waals surface area contributed by atoms with Crippen molar-refractivity contribution in [3.63, 3.8) is 0 Å². The van der Waals surface area contributed by atoms with Gasteiger partial charge in [-0.2, -0.15) is 0 Å². The number of hydrogen-bond donors (Lipinski definition) is 1. The second kappa shape index (κ2) is 7.67. The van der Waals surface area contributed by atoms with Gasteiger partial charge in [-0.25, -0.2) is 0 Å². The fraction of sp³-hybridized carbons (Fsp3) is 0.444. The molecule has 1 aromatic carbocycles. The van der Waals surface area contributed by atoms with Crippen LogP contribution in [0.15, 0.2) is 34.9 Å². The molecule has 1 unspecified atom stereocenters. The van der Waals surface area contributed by atoms with Gasteiger partial charge in [0.05, 0.1) is 6.26 Å². The van der Waals surface area contributed by atoms with Gasteiger partial charge in [0.15, 0.2) is 0 Å². The second-order valence-electron chi connectivity index (χ2n) is 5.46. The van der Waals surface area contributed by atoms with Gasteiger partial charge in [-0.3, -0.25) is 0 Å². The van der Waals surface area contributed by atoms with Gasteiger partial charge in [0.1, 0.15) is 5.76 Å². The van der Waals surface area contributed by atoms with Gasteiger partial charge < -0.3 is 9.73 Å². The van der Waals surface area contributed by atoms with Crippen molar-refractivity contribution < 1.29 is 4.42 Å². The van der Waals surface area contributed by atoms with E-state index in [4.69, 9.17) is 16.0 Å². The van der Waals surface area contributed by atoms with Crippen molar-refractivity contribution in [3.05, 3.63) is 58.0 Å². The zero-order valence-electron chi connectivity index (χ0n) is 13.1. The molecule has 1 aromatic heterocycles. The van der Waals surface area contributed by atoms with Crippen LogP contribution in [0.2, 0.25) is 5.02 Å². The molecule has 0 bridgehead atoms. The van der Waals surface area contributed by atoms with E-state index in [9.17, 15) is 0 Å². The third kappa shape index (κ3) is 4.12. The minimum atomic E-state index is 0.249. The van der Waals surface area contributed by atoms with E-state index in [1.54, 1.807) is 6.26 Å². The number of hydrogen-bond acceptors (Lipinski definition) is 2. The first kappa shape index (κ1) is 16.1. The van der Waals surface area contributed by atoms with Gasteiger partial charge in [0.2, 0.25) is 0 Å². The summed E-state index contributed by atoms with van der Waals surface area (Å²) in [4.78, 5) is 0. The third-order valence-electron chi connectivity index (χ3n) is 3.75. The van der Waals surface area contributed by atoms with E-state index in [2.05, 4.69) is 44.3 Å². The maximum atomic E-state index is 6.39. The number of halogens is 1. The van der Waals surface area contributed by atoms with E-state index >= 15 is 0 Å². The molecule has 2 aromatic rings. The van der Waals surface area contributed by atoms with Gasteiger partial charge in [0, 0.05) is 23.0 Å². The first-order chi connectivity index (χ1) is 10.2. The van der Waals surface area contributed by atoms with Crippen molar-refractivity contribution in [2.24, 2.45) is 0 Å². The molecule has 1 atom stereocenters. The van der Waals surface area contributed by atoms with Crippen LogP contribution in [0.1, 0.15) is 48.8 Å². The molecule has 0 fully saturated rings. The Hall–Kier alpha value is -1.25. The minimum Gasteiger partial charge on any atom is -0.469 e. The Morgan fingerprint density at radius 3 is 2.71 bits per heavy atom. The molecule has 0 saturated carbocycles. The standard InChI is InChI=1S/C18H24ClNO/c1-4-9-20-17(15-8-10-21-18(15)5-2)12-14-7-6-13(3)11-16(14)19/h6-8,10-11,17,20H,4-5,9,12H2,1-3H3. The molecule has 114 valence electrons. The van der Waals surface area contributed by atoms with Gasteiger partial charge in [-0.15, -0.1) is 0 Å². The summed E-state index contributed by atoms with van der Waals surface area (Å²) in [6.45, 7) is 7.35. The predicted molar refractivity (Wildman–Crippen MR) is 89.0 cm³/mol. The molecule has 3 heteroatoms. The molecule has 2 nitrogen and oxygen atoms in total. The Balaban J connectivity index is 2.24. The molecule has 0 spiro atoms. The lowest BCUT2D eigenvalue weighted by atomic mass is 9.97. The van der Waals surface area contributed by atoms with Gasteiger partial charge in [-0.05, 0) is 49.6 Å². The molecule has 1 N–H and O–H groups in total. The normalized spacial score (nSPS) is 12.6. The highest BCUT2D eigenvalue weighted by Gasteiger charge is 2.18. The molecule has 0 radical (unpaired) electrons. The van der Waals surface area contributed by atoms with Crippen LogP contribution in [0.25, 0.3) is 0 Å². The van der Waals surface area contributed by atoms with Gasteiger partial charge in [0.25, 0.3) is 0 Å². The van der Waals surface area contributed by atoms with Crippen molar-refractivity contribution in [3.8, 4) is 0 Å². The summed E-state index contributed by atoms with van der Waals surface area (Å²) in [5, 5.41) is 4.47. The molecule has 0 aliphatic carbocycles. The molecule has 21 heavy (non-hydrogen) atoms. The molecule has 0 saturated heterocycles. The Morgan fingerprint density at radius 1 is 1.24 bits per heavy atom. The van der Waals surface area contributed by atoms with E-state index in [0.29, 0.717) is 0 Å². The van der Waals surface area contributed by atoms with Crippen LogP contribution in [0, 0.1) is 6.92 Å². The maximum Gasteiger partial charge on any atom is 0.108 e. The quantitative estimate of drug-likeness (QED) is 0.771. The SMILES string of the molecule is CCCNC(Cc1ccc(C)cc1Cl)c1ccoc1CC. The Kier molecular flexibility index (Phi) is 5.89. The highest BCUT2D eigenvalue weighted by molar-refractivity contribution is 6.31. The molecular formula is C18H24ClNO. The first-order valence-corrected chi connectivity index (χ1v) is 8.08. The van der Waals surface area contributed by atoms with Crippen LogP contribution in [0.5, 0.6) is 0 Å². The summed E-state index contributed by atoms with van der Waals surface area (Å²) < 4.78 is 5.59. The minimum absolute atomic E-state index is 0.249. The van der Waals surface area contributed by atoms with Gasteiger partial charge in [-0.1, -0.05) is 37.6 Å². The molecule has 2 rings (SSSR count). The Labute approximate surface area is 132 Å². The first-order valence-electron chi connectivity index (χ1n) is 7.70. The lowest BCUT2D eigenvalue weighted by molar-refractivity contribution is 0.481. The average Bonchev–Trinajstić information content (AvgIpc) is 2.94. The van der Waals surface area contributed by atoms with Crippen molar-refractivity contribution >= 4 is 11.6 Å². The second-order valence-corrected chi connectivity index (χ2v) is 5.87. The van der Waals surface area contributed by atoms with Crippen molar-refractivity contribution in [1.82, 2.24) is 5.32 Å². The average molecular weight is 306 g/mol. The fourth-order valence-electron chi connectivity index (χ4n) is 2.60. The third-order valence-corrected chi connectivity index (χ3v) is 4.10. The van der Waals surface area contributed by atoms with Crippen LogP contribution in [-0.4, -0.2) is 6.54 Å². The van der Waals surface area contributed by atoms with E-state index in [1.165, 1.54) is 16.7 Å². The maximum absolute atomic E-state index is 6.39. The van der Waals surface area contributed by atoms with Crippen LogP contribution >= 0.6 is 11.6 Å². The Bertz CT molecular complexity index is 576. The van der Waals surface area contributed by atoms with Crippen molar-refractivity contribution in [2.75, 3.05) is 6.54 Å². The summed E-state index contributed by atoms with van der Waals surface area (Å²) in [5.41, 5.74) is 3.63.